The minimum absolute atomic E-state index is 0. The number of guanidine groups is 1. The number of nitrogens with one attached hydrogen (secondary N) is 2. The second-order valence-electron chi connectivity index (χ2n) is 5.86. The molecule has 0 aliphatic heterocycles. The van der Waals surface area contributed by atoms with E-state index < -0.39 is 0 Å². The Bertz CT molecular complexity index is 446. The molecule has 0 radical (unpaired) electrons. The van der Waals surface area contributed by atoms with Gasteiger partial charge in [-0.15, -0.1) is 24.0 Å². The van der Waals surface area contributed by atoms with Gasteiger partial charge in [-0.05, 0) is 30.2 Å². The summed E-state index contributed by atoms with van der Waals surface area (Å²) >= 11 is 0. The molecule has 2 N–H and O–H groups in total. The Morgan fingerprint density at radius 2 is 1.95 bits per heavy atom. The van der Waals surface area contributed by atoms with Crippen molar-refractivity contribution in [3.8, 4) is 0 Å². The zero-order valence-electron chi connectivity index (χ0n) is 13.6. The maximum absolute atomic E-state index is 5.24. The van der Waals surface area contributed by atoms with E-state index in [4.69, 9.17) is 4.74 Å². The molecule has 4 nitrogen and oxygen atoms in total. The molecular weight excluding hydrogens is 389 g/mol. The standard InChI is InChI=1S/C17H27N3O.HI/c1-18-16(19-13-15-7-4-3-5-8-15)20-14-17(9-6-10-17)11-12-21-2;/h3-5,7-8H,6,9-14H2,1-2H3,(H2,18,19,20);1H. The van der Waals surface area contributed by atoms with Gasteiger partial charge in [0.2, 0.25) is 0 Å². The molecule has 1 fully saturated rings. The van der Waals surface area contributed by atoms with Crippen molar-refractivity contribution < 1.29 is 4.74 Å². The molecule has 0 aromatic heterocycles. The Hall–Kier alpha value is -0.820. The molecular formula is C17H28IN3O. The first-order chi connectivity index (χ1) is 10.3. The van der Waals surface area contributed by atoms with Crippen molar-refractivity contribution in [2.45, 2.75) is 32.2 Å². The summed E-state index contributed by atoms with van der Waals surface area (Å²) in [5.74, 6) is 0.877. The number of hydrogen-bond acceptors (Lipinski definition) is 2. The first kappa shape index (κ1) is 19.2. The van der Waals surface area contributed by atoms with Crippen LogP contribution in [0.2, 0.25) is 0 Å². The summed E-state index contributed by atoms with van der Waals surface area (Å²) in [4.78, 5) is 4.31. The van der Waals surface area contributed by atoms with Gasteiger partial charge < -0.3 is 15.4 Å². The second-order valence-corrected chi connectivity index (χ2v) is 5.86. The number of ether oxygens (including phenoxy) is 1. The fourth-order valence-electron chi connectivity index (χ4n) is 2.78. The van der Waals surface area contributed by atoms with Crippen LogP contribution in [0.5, 0.6) is 0 Å². The van der Waals surface area contributed by atoms with Crippen molar-refractivity contribution in [3.05, 3.63) is 35.9 Å². The van der Waals surface area contributed by atoms with E-state index in [1.54, 1.807) is 7.11 Å². The van der Waals surface area contributed by atoms with E-state index in [2.05, 4.69) is 39.9 Å². The summed E-state index contributed by atoms with van der Waals surface area (Å²) in [6.07, 6.45) is 5.05. The van der Waals surface area contributed by atoms with Gasteiger partial charge in [-0.1, -0.05) is 36.8 Å². The first-order valence-corrected chi connectivity index (χ1v) is 7.75. The van der Waals surface area contributed by atoms with Crippen LogP contribution in [0.1, 0.15) is 31.2 Å². The molecule has 1 aliphatic carbocycles. The van der Waals surface area contributed by atoms with Crippen LogP contribution in [-0.2, 0) is 11.3 Å². The SMILES string of the molecule is CN=C(NCc1ccccc1)NCC1(CCOC)CCC1.I. The number of methoxy groups -OCH3 is 1. The molecule has 1 aromatic carbocycles. The highest BCUT2D eigenvalue weighted by Crippen LogP contribution is 2.43. The smallest absolute Gasteiger partial charge is 0.191 e. The van der Waals surface area contributed by atoms with E-state index in [-0.39, 0.29) is 24.0 Å². The Labute approximate surface area is 151 Å². The largest absolute Gasteiger partial charge is 0.385 e. The molecule has 1 aromatic rings. The number of hydrogen-bond donors (Lipinski definition) is 2. The van der Waals surface area contributed by atoms with Gasteiger partial charge in [0.25, 0.3) is 0 Å². The maximum atomic E-state index is 5.24. The van der Waals surface area contributed by atoms with Crippen LogP contribution in [0.15, 0.2) is 35.3 Å². The summed E-state index contributed by atoms with van der Waals surface area (Å²) < 4.78 is 5.24. The number of aliphatic imine (C=N–C) groups is 1. The van der Waals surface area contributed by atoms with Crippen molar-refractivity contribution in [1.29, 1.82) is 0 Å². The van der Waals surface area contributed by atoms with Crippen LogP contribution in [-0.4, -0.2) is 33.3 Å². The lowest BCUT2D eigenvalue weighted by molar-refractivity contribution is 0.0732. The molecule has 0 saturated heterocycles. The third kappa shape index (κ3) is 5.76. The lowest BCUT2D eigenvalue weighted by atomic mass is 9.67. The molecule has 1 aliphatic rings. The molecule has 124 valence electrons. The van der Waals surface area contributed by atoms with Crippen molar-refractivity contribution in [2.75, 3.05) is 27.3 Å². The first-order valence-electron chi connectivity index (χ1n) is 7.75. The predicted octanol–water partition coefficient (Wildman–Crippen LogP) is 3.18. The summed E-state index contributed by atoms with van der Waals surface area (Å²) in [5.41, 5.74) is 1.67. The molecule has 0 spiro atoms. The minimum atomic E-state index is 0. The van der Waals surface area contributed by atoms with Crippen molar-refractivity contribution in [2.24, 2.45) is 10.4 Å². The molecule has 0 atom stereocenters. The van der Waals surface area contributed by atoms with Crippen LogP contribution >= 0.6 is 24.0 Å². The molecule has 22 heavy (non-hydrogen) atoms. The third-order valence-corrected chi connectivity index (χ3v) is 4.41. The van der Waals surface area contributed by atoms with Crippen LogP contribution in [0.4, 0.5) is 0 Å². The van der Waals surface area contributed by atoms with E-state index in [0.717, 1.165) is 32.1 Å². The van der Waals surface area contributed by atoms with Gasteiger partial charge in [-0.2, -0.15) is 0 Å². The van der Waals surface area contributed by atoms with Crippen molar-refractivity contribution in [3.63, 3.8) is 0 Å². The number of rotatable bonds is 7. The predicted molar refractivity (Wildman–Crippen MR) is 103 cm³/mol. The molecule has 1 saturated carbocycles. The van der Waals surface area contributed by atoms with Gasteiger partial charge >= 0.3 is 0 Å². The summed E-state index contributed by atoms with van der Waals surface area (Å²) in [6.45, 7) is 2.62. The van der Waals surface area contributed by atoms with Gasteiger partial charge in [-0.25, -0.2) is 0 Å². The van der Waals surface area contributed by atoms with E-state index in [9.17, 15) is 0 Å². The fourth-order valence-corrected chi connectivity index (χ4v) is 2.78. The maximum Gasteiger partial charge on any atom is 0.191 e. The second kappa shape index (κ2) is 10.0. The summed E-state index contributed by atoms with van der Waals surface area (Å²) in [7, 11) is 3.60. The van der Waals surface area contributed by atoms with Crippen LogP contribution in [0.3, 0.4) is 0 Å². The van der Waals surface area contributed by atoms with Crippen molar-refractivity contribution in [1.82, 2.24) is 10.6 Å². The molecule has 0 unspecified atom stereocenters. The topological polar surface area (TPSA) is 45.7 Å². The molecule has 5 heteroatoms. The van der Waals surface area contributed by atoms with Gasteiger partial charge in [0.05, 0.1) is 0 Å². The Morgan fingerprint density at radius 1 is 1.23 bits per heavy atom. The Kier molecular flexibility index (Phi) is 8.78. The van der Waals surface area contributed by atoms with E-state index in [1.165, 1.54) is 24.8 Å². The van der Waals surface area contributed by atoms with Gasteiger partial charge in [-0.3, -0.25) is 4.99 Å². The zero-order valence-corrected chi connectivity index (χ0v) is 15.9. The van der Waals surface area contributed by atoms with Crippen LogP contribution in [0, 0.1) is 5.41 Å². The lowest BCUT2D eigenvalue weighted by Crippen LogP contribution is -2.46. The quantitative estimate of drug-likeness (QED) is 0.407. The average molecular weight is 417 g/mol. The summed E-state index contributed by atoms with van der Waals surface area (Å²) in [5, 5.41) is 6.84. The monoisotopic (exact) mass is 417 g/mol. The lowest BCUT2D eigenvalue weighted by Gasteiger charge is -2.42. The van der Waals surface area contributed by atoms with Crippen LogP contribution in [0.25, 0.3) is 0 Å². The van der Waals surface area contributed by atoms with Crippen molar-refractivity contribution >= 4 is 29.9 Å². The normalized spacial score (nSPS) is 16.4. The minimum Gasteiger partial charge on any atom is -0.385 e. The molecule has 0 heterocycles. The van der Waals surface area contributed by atoms with Gasteiger partial charge in [0, 0.05) is 33.9 Å². The van der Waals surface area contributed by atoms with Gasteiger partial charge in [0.1, 0.15) is 0 Å². The van der Waals surface area contributed by atoms with E-state index in [1.807, 2.05) is 13.1 Å². The molecule has 2 rings (SSSR count). The van der Waals surface area contributed by atoms with Crippen LogP contribution < -0.4 is 10.6 Å². The average Bonchev–Trinajstić information content (AvgIpc) is 2.49. The highest BCUT2D eigenvalue weighted by atomic mass is 127. The number of nitrogens with zero attached hydrogens (tertiary/aromatic N) is 1. The van der Waals surface area contributed by atoms with E-state index >= 15 is 0 Å². The van der Waals surface area contributed by atoms with Gasteiger partial charge in [0.15, 0.2) is 5.96 Å². The third-order valence-electron chi connectivity index (χ3n) is 4.41. The fraction of sp³-hybridized carbons (Fsp3) is 0.588. The zero-order chi connectivity index (χ0) is 15.0. The highest BCUT2D eigenvalue weighted by Gasteiger charge is 2.36. The summed E-state index contributed by atoms with van der Waals surface area (Å²) in [6, 6.07) is 10.4. The molecule has 0 amide bonds. The highest BCUT2D eigenvalue weighted by molar-refractivity contribution is 14.0. The Morgan fingerprint density at radius 3 is 2.50 bits per heavy atom. The number of halogens is 1. The van der Waals surface area contributed by atoms with E-state index in [0.29, 0.717) is 5.41 Å². The Balaban J connectivity index is 0.00000242. The molecule has 0 bridgehead atoms. The number of benzene rings is 1.